The molecule has 17 heavy (non-hydrogen) atoms. The van der Waals surface area contributed by atoms with Crippen molar-refractivity contribution >= 4 is 17.4 Å². The Morgan fingerprint density at radius 3 is 2.35 bits per heavy atom. The van der Waals surface area contributed by atoms with Crippen LogP contribution in [0.25, 0.3) is 0 Å². The average molecular weight is 233 g/mol. The molecule has 0 aliphatic rings. The Labute approximate surface area is 101 Å². The van der Waals surface area contributed by atoms with Gasteiger partial charge in [0.05, 0.1) is 5.69 Å². The van der Waals surface area contributed by atoms with Crippen molar-refractivity contribution in [2.45, 2.75) is 33.1 Å². The first-order chi connectivity index (χ1) is 7.71. The minimum absolute atomic E-state index is 0.0964. The van der Waals surface area contributed by atoms with Gasteiger partial charge in [-0.1, -0.05) is 20.8 Å². The summed E-state index contributed by atoms with van der Waals surface area (Å²) >= 11 is 0. The van der Waals surface area contributed by atoms with Gasteiger partial charge in [-0.25, -0.2) is 0 Å². The van der Waals surface area contributed by atoms with Crippen LogP contribution in [0.2, 0.25) is 0 Å². The zero-order chi connectivity index (χ0) is 13.2. The minimum atomic E-state index is -0.0964. The van der Waals surface area contributed by atoms with E-state index in [1.165, 1.54) is 10.8 Å². The van der Waals surface area contributed by atoms with Gasteiger partial charge in [0, 0.05) is 17.2 Å². The molecule has 0 aliphatic heterocycles. The van der Waals surface area contributed by atoms with Crippen LogP contribution < -0.4 is 5.73 Å². The van der Waals surface area contributed by atoms with E-state index in [0.717, 1.165) is 5.69 Å². The molecule has 0 amide bonds. The van der Waals surface area contributed by atoms with Gasteiger partial charge in [0.1, 0.15) is 11.7 Å². The molecular formula is C12H19N5. The van der Waals surface area contributed by atoms with Gasteiger partial charge in [0.25, 0.3) is 0 Å². The van der Waals surface area contributed by atoms with E-state index < -0.39 is 0 Å². The fraction of sp³-hybridized carbons (Fsp3) is 0.417. The van der Waals surface area contributed by atoms with Crippen molar-refractivity contribution in [1.29, 1.82) is 10.8 Å². The predicted molar refractivity (Wildman–Crippen MR) is 71.0 cm³/mol. The number of nitrogens with two attached hydrogens (primary N) is 1. The van der Waals surface area contributed by atoms with Crippen molar-refractivity contribution in [2.24, 2.45) is 0 Å². The Bertz CT molecular complexity index is 474. The van der Waals surface area contributed by atoms with Gasteiger partial charge in [-0.15, -0.1) is 0 Å². The maximum absolute atomic E-state index is 7.82. The first kappa shape index (κ1) is 13.2. The molecule has 1 heterocycles. The highest BCUT2D eigenvalue weighted by Crippen LogP contribution is 2.22. The van der Waals surface area contributed by atoms with Gasteiger partial charge in [-0.3, -0.25) is 5.41 Å². The first-order valence-electron chi connectivity index (χ1n) is 5.40. The Balaban J connectivity index is 3.04. The van der Waals surface area contributed by atoms with Gasteiger partial charge >= 0.3 is 0 Å². The predicted octanol–water partition coefficient (Wildman–Crippen LogP) is 2.18. The molecule has 92 valence electrons. The second-order valence-corrected chi connectivity index (χ2v) is 5.02. The molecule has 0 saturated carbocycles. The van der Waals surface area contributed by atoms with E-state index in [0.29, 0.717) is 11.5 Å². The van der Waals surface area contributed by atoms with Gasteiger partial charge in [-0.2, -0.15) is 9.78 Å². The van der Waals surface area contributed by atoms with E-state index in [9.17, 15) is 0 Å². The van der Waals surface area contributed by atoms with Gasteiger partial charge in [-0.05, 0) is 19.1 Å². The van der Waals surface area contributed by atoms with Crippen LogP contribution in [0.3, 0.4) is 0 Å². The molecular weight excluding hydrogens is 214 g/mol. The molecule has 4 N–H and O–H groups in total. The number of hydrogen-bond acceptors (Lipinski definition) is 4. The summed E-state index contributed by atoms with van der Waals surface area (Å²) in [6, 6.07) is 1.78. The van der Waals surface area contributed by atoms with Crippen LogP contribution in [0, 0.1) is 10.8 Å². The van der Waals surface area contributed by atoms with Crippen LogP contribution in [-0.4, -0.2) is 21.3 Å². The summed E-state index contributed by atoms with van der Waals surface area (Å²) in [4.78, 5) is 0. The van der Waals surface area contributed by atoms with E-state index in [-0.39, 0.29) is 11.3 Å². The zero-order valence-corrected chi connectivity index (χ0v) is 10.7. The summed E-state index contributed by atoms with van der Waals surface area (Å²) in [5, 5.41) is 19.4. The van der Waals surface area contributed by atoms with Crippen LogP contribution in [0.1, 0.15) is 33.4 Å². The van der Waals surface area contributed by atoms with E-state index in [1.807, 2.05) is 20.8 Å². The molecule has 0 spiro atoms. The lowest BCUT2D eigenvalue weighted by molar-refractivity contribution is 0.562. The standard InChI is InChI=1S/C12H19N5/c1-8(13)5-6-10(14)17-11(15)7-9(16-17)12(2,3)4/h5-7,13-14H,15H2,1-4H3/b6-5-,13-8?,14-10?. The molecule has 0 fully saturated rings. The van der Waals surface area contributed by atoms with Crippen LogP contribution in [0.4, 0.5) is 5.82 Å². The van der Waals surface area contributed by atoms with Crippen LogP contribution >= 0.6 is 0 Å². The highest BCUT2D eigenvalue weighted by molar-refractivity contribution is 6.00. The summed E-state index contributed by atoms with van der Waals surface area (Å²) in [7, 11) is 0. The number of anilines is 1. The van der Waals surface area contributed by atoms with E-state index in [2.05, 4.69) is 5.10 Å². The summed E-state index contributed by atoms with van der Waals surface area (Å²) < 4.78 is 1.38. The third-order valence-corrected chi connectivity index (χ3v) is 2.22. The number of nitrogens with one attached hydrogen (secondary N) is 2. The Morgan fingerprint density at radius 2 is 1.94 bits per heavy atom. The third kappa shape index (κ3) is 3.27. The van der Waals surface area contributed by atoms with Crippen LogP contribution in [0.5, 0.6) is 0 Å². The fourth-order valence-corrected chi connectivity index (χ4v) is 1.23. The van der Waals surface area contributed by atoms with Crippen molar-refractivity contribution < 1.29 is 0 Å². The average Bonchev–Trinajstić information content (AvgIpc) is 2.56. The Hall–Kier alpha value is -1.91. The lowest BCUT2D eigenvalue weighted by atomic mass is 9.92. The number of rotatable bonds is 2. The maximum atomic E-state index is 7.82. The SMILES string of the molecule is CC(=N)/C=C\C(=N)n1nc(C(C)(C)C)cc1N. The minimum Gasteiger partial charge on any atom is -0.384 e. The molecule has 0 unspecified atom stereocenters. The number of aromatic nitrogens is 2. The zero-order valence-electron chi connectivity index (χ0n) is 10.7. The van der Waals surface area contributed by atoms with Gasteiger partial charge in [0.2, 0.25) is 0 Å². The molecule has 5 heteroatoms. The molecule has 0 atom stereocenters. The highest BCUT2D eigenvalue weighted by atomic mass is 15.3. The van der Waals surface area contributed by atoms with Crippen molar-refractivity contribution in [2.75, 3.05) is 5.73 Å². The summed E-state index contributed by atoms with van der Waals surface area (Å²) in [6.45, 7) is 7.78. The molecule has 5 nitrogen and oxygen atoms in total. The van der Waals surface area contributed by atoms with Crippen molar-refractivity contribution in [3.63, 3.8) is 0 Å². The summed E-state index contributed by atoms with van der Waals surface area (Å²) in [6.07, 6.45) is 3.05. The first-order valence-corrected chi connectivity index (χ1v) is 5.40. The molecule has 0 bridgehead atoms. The maximum Gasteiger partial charge on any atom is 0.148 e. The molecule has 0 aliphatic carbocycles. The van der Waals surface area contributed by atoms with Gasteiger partial charge in [0.15, 0.2) is 0 Å². The molecule has 0 aromatic carbocycles. The molecule has 1 aromatic rings. The molecule has 0 radical (unpaired) electrons. The largest absolute Gasteiger partial charge is 0.384 e. The second kappa shape index (κ2) is 4.53. The molecule has 1 rings (SSSR count). The number of nitrogens with zero attached hydrogens (tertiary/aromatic N) is 2. The van der Waals surface area contributed by atoms with E-state index in [4.69, 9.17) is 16.6 Å². The number of nitrogen functional groups attached to an aromatic ring is 1. The monoisotopic (exact) mass is 233 g/mol. The summed E-state index contributed by atoms with van der Waals surface area (Å²) in [5.74, 6) is 0.594. The number of allylic oxidation sites excluding steroid dienone is 2. The number of hydrogen-bond donors (Lipinski definition) is 3. The lowest BCUT2D eigenvalue weighted by Crippen LogP contribution is -2.16. The molecule has 1 aromatic heterocycles. The Morgan fingerprint density at radius 1 is 1.35 bits per heavy atom. The third-order valence-electron chi connectivity index (χ3n) is 2.22. The van der Waals surface area contributed by atoms with Crippen molar-refractivity contribution in [3.05, 3.63) is 23.9 Å². The smallest absolute Gasteiger partial charge is 0.148 e. The van der Waals surface area contributed by atoms with Gasteiger partial charge < -0.3 is 11.1 Å². The van der Waals surface area contributed by atoms with Crippen LogP contribution in [0.15, 0.2) is 18.2 Å². The normalized spacial score (nSPS) is 12.0. The van der Waals surface area contributed by atoms with Crippen molar-refractivity contribution in [3.8, 4) is 0 Å². The lowest BCUT2D eigenvalue weighted by Gasteiger charge is -2.13. The quantitative estimate of drug-likeness (QED) is 0.539. The molecule has 0 saturated heterocycles. The Kier molecular flexibility index (Phi) is 3.50. The second-order valence-electron chi connectivity index (χ2n) is 5.02. The summed E-state index contributed by atoms with van der Waals surface area (Å²) in [5.41, 5.74) is 6.95. The van der Waals surface area contributed by atoms with Crippen molar-refractivity contribution in [1.82, 2.24) is 9.78 Å². The van der Waals surface area contributed by atoms with E-state index >= 15 is 0 Å². The van der Waals surface area contributed by atoms with Crippen LogP contribution in [-0.2, 0) is 5.41 Å². The van der Waals surface area contributed by atoms with E-state index in [1.54, 1.807) is 19.1 Å². The topological polar surface area (TPSA) is 91.5 Å². The fourth-order valence-electron chi connectivity index (χ4n) is 1.23. The highest BCUT2D eigenvalue weighted by Gasteiger charge is 2.19.